The topological polar surface area (TPSA) is 85.2 Å². The molecule has 4 atom stereocenters. The highest BCUT2D eigenvalue weighted by Crippen LogP contribution is 2.71. The number of aromatic nitrogens is 4. The van der Waals surface area contributed by atoms with Crippen LogP contribution < -0.4 is 10.1 Å². The molecule has 2 aliphatic carbocycles. The summed E-state index contributed by atoms with van der Waals surface area (Å²) in [5.41, 5.74) is 1.64. The number of pyridine rings is 1. The van der Waals surface area contributed by atoms with Crippen LogP contribution in [0.1, 0.15) is 23.2 Å². The Labute approximate surface area is 173 Å². The second kappa shape index (κ2) is 6.29. The number of carbonyl (C=O) groups is 1. The summed E-state index contributed by atoms with van der Waals surface area (Å²) < 4.78 is 5.19. The predicted molar refractivity (Wildman–Crippen MR) is 110 cm³/mol. The molecule has 3 aliphatic rings. The first-order valence-corrected chi connectivity index (χ1v) is 10.2. The van der Waals surface area contributed by atoms with Crippen molar-refractivity contribution < 1.29 is 9.53 Å². The molecular weight excluding hydrogens is 380 g/mol. The van der Waals surface area contributed by atoms with E-state index in [9.17, 15) is 4.79 Å². The maximum atomic E-state index is 13.6. The van der Waals surface area contributed by atoms with Crippen molar-refractivity contribution in [2.75, 3.05) is 19.0 Å². The predicted octanol–water partition coefficient (Wildman–Crippen LogP) is 2.39. The largest absolute Gasteiger partial charge is 0.495 e. The van der Waals surface area contributed by atoms with E-state index in [2.05, 4.69) is 25.4 Å². The molecule has 3 fully saturated rings. The van der Waals surface area contributed by atoms with Gasteiger partial charge >= 0.3 is 0 Å². The second-order valence-corrected chi connectivity index (χ2v) is 8.41. The molecule has 1 aliphatic heterocycles. The van der Waals surface area contributed by atoms with Gasteiger partial charge in [-0.15, -0.1) is 0 Å². The molecule has 30 heavy (non-hydrogen) atoms. The Balaban J connectivity index is 1.26. The number of rotatable bonds is 5. The Morgan fingerprint density at radius 2 is 2.00 bits per heavy atom. The summed E-state index contributed by atoms with van der Waals surface area (Å²) in [4.78, 5) is 21.6. The number of amides is 1. The number of piperidine rings is 1. The van der Waals surface area contributed by atoms with Crippen LogP contribution in [0.15, 0.2) is 55.0 Å². The van der Waals surface area contributed by atoms with Crippen molar-refractivity contribution in [3.63, 3.8) is 0 Å². The molecule has 0 radical (unpaired) electrons. The molecule has 2 saturated carbocycles. The summed E-state index contributed by atoms with van der Waals surface area (Å²) in [7, 11) is 1.63. The first-order valence-electron chi connectivity index (χ1n) is 10.2. The number of hydrogen-bond acceptors (Lipinski definition) is 6. The van der Waals surface area contributed by atoms with Crippen LogP contribution in [-0.2, 0) is 0 Å². The van der Waals surface area contributed by atoms with E-state index < -0.39 is 0 Å². The third kappa shape index (κ3) is 2.46. The smallest absolute Gasteiger partial charge is 0.256 e. The molecule has 8 heteroatoms. The van der Waals surface area contributed by atoms with Gasteiger partial charge in [0.05, 0.1) is 43.0 Å². The molecule has 1 spiro atoms. The molecule has 1 amide bonds. The van der Waals surface area contributed by atoms with Crippen LogP contribution in [0.4, 0.5) is 5.82 Å². The maximum Gasteiger partial charge on any atom is 0.256 e. The van der Waals surface area contributed by atoms with Gasteiger partial charge < -0.3 is 15.0 Å². The van der Waals surface area contributed by atoms with Crippen molar-refractivity contribution in [3.8, 4) is 11.4 Å². The van der Waals surface area contributed by atoms with Crippen LogP contribution in [0.5, 0.6) is 5.75 Å². The molecule has 6 rings (SSSR count). The van der Waals surface area contributed by atoms with Crippen LogP contribution in [0, 0.1) is 11.3 Å². The highest BCUT2D eigenvalue weighted by atomic mass is 16.5. The number of nitrogens with one attached hydrogen (secondary N) is 1. The van der Waals surface area contributed by atoms with E-state index >= 15 is 0 Å². The Hall–Kier alpha value is -3.42. The number of methoxy groups -OCH3 is 1. The van der Waals surface area contributed by atoms with Crippen molar-refractivity contribution in [1.82, 2.24) is 24.9 Å². The number of likely N-dealkylation sites (tertiary alicyclic amines) is 1. The van der Waals surface area contributed by atoms with Gasteiger partial charge in [-0.3, -0.25) is 4.79 Å². The quantitative estimate of drug-likeness (QED) is 0.705. The van der Waals surface area contributed by atoms with E-state index in [-0.39, 0.29) is 18.0 Å². The minimum Gasteiger partial charge on any atom is -0.495 e. The molecule has 0 bridgehead atoms. The maximum absolute atomic E-state index is 13.6. The van der Waals surface area contributed by atoms with Gasteiger partial charge in [-0.05, 0) is 48.4 Å². The standard InChI is InChI=1S/C22H22N6O2/c1-30-15-6-7-19(23-12-15)26-17-11-22-10-14(22)13-27(20(17)22)21(29)16-4-2-3-5-18(16)28-24-8-9-25-28/h2-9,12,14,17,20H,10-11,13H2,1H3,(H,23,26). The lowest BCUT2D eigenvalue weighted by Gasteiger charge is -2.48. The number of nitrogens with zero attached hydrogens (tertiary/aromatic N) is 5. The fraction of sp³-hybridized carbons (Fsp3) is 0.364. The van der Waals surface area contributed by atoms with Gasteiger partial charge in [-0.2, -0.15) is 15.0 Å². The van der Waals surface area contributed by atoms with Gasteiger partial charge in [-0.1, -0.05) is 12.1 Å². The average molecular weight is 402 g/mol. The monoisotopic (exact) mass is 402 g/mol. The van der Waals surface area contributed by atoms with Gasteiger partial charge in [0.1, 0.15) is 11.6 Å². The highest BCUT2D eigenvalue weighted by molar-refractivity contribution is 5.98. The van der Waals surface area contributed by atoms with Crippen LogP contribution >= 0.6 is 0 Å². The number of para-hydroxylation sites is 1. The van der Waals surface area contributed by atoms with E-state index in [1.54, 1.807) is 25.7 Å². The Bertz CT molecular complexity index is 1100. The second-order valence-electron chi connectivity index (χ2n) is 8.41. The molecule has 1 N–H and O–H groups in total. The van der Waals surface area contributed by atoms with E-state index in [0.717, 1.165) is 24.5 Å². The zero-order valence-corrected chi connectivity index (χ0v) is 16.6. The lowest BCUT2D eigenvalue weighted by Crippen LogP contribution is -2.60. The third-order valence-electron chi connectivity index (χ3n) is 6.94. The molecule has 1 aromatic carbocycles. The van der Waals surface area contributed by atoms with E-state index in [1.807, 2.05) is 36.4 Å². The van der Waals surface area contributed by atoms with Crippen LogP contribution in [0.2, 0.25) is 0 Å². The van der Waals surface area contributed by atoms with E-state index in [0.29, 0.717) is 22.6 Å². The summed E-state index contributed by atoms with van der Waals surface area (Å²) in [5, 5.41) is 12.0. The van der Waals surface area contributed by atoms with E-state index in [1.165, 1.54) is 11.2 Å². The highest BCUT2D eigenvalue weighted by Gasteiger charge is 2.75. The Morgan fingerprint density at radius 3 is 2.77 bits per heavy atom. The number of hydrogen-bond donors (Lipinski definition) is 1. The number of benzene rings is 1. The Kier molecular flexibility index (Phi) is 3.65. The van der Waals surface area contributed by atoms with Crippen LogP contribution in [0.3, 0.4) is 0 Å². The Morgan fingerprint density at radius 1 is 1.17 bits per heavy atom. The van der Waals surface area contributed by atoms with Crippen molar-refractivity contribution in [3.05, 3.63) is 60.6 Å². The van der Waals surface area contributed by atoms with Crippen molar-refractivity contribution in [1.29, 1.82) is 0 Å². The molecule has 1 saturated heterocycles. The number of ether oxygens (including phenoxy) is 1. The lowest BCUT2D eigenvalue weighted by molar-refractivity contribution is 0.0471. The van der Waals surface area contributed by atoms with Crippen molar-refractivity contribution >= 4 is 11.7 Å². The fourth-order valence-electron chi connectivity index (χ4n) is 5.46. The summed E-state index contributed by atoms with van der Waals surface area (Å²) >= 11 is 0. The minimum atomic E-state index is 0.0497. The molecule has 8 nitrogen and oxygen atoms in total. The first-order chi connectivity index (χ1) is 14.7. The van der Waals surface area contributed by atoms with E-state index in [4.69, 9.17) is 4.74 Å². The fourth-order valence-corrected chi connectivity index (χ4v) is 5.46. The summed E-state index contributed by atoms with van der Waals surface area (Å²) in [5.74, 6) is 2.21. The minimum absolute atomic E-state index is 0.0497. The molecule has 4 unspecified atom stereocenters. The van der Waals surface area contributed by atoms with Gasteiger partial charge in [0.25, 0.3) is 5.91 Å². The summed E-state index contributed by atoms with van der Waals surface area (Å²) in [6.45, 7) is 0.818. The number of carbonyl (C=O) groups excluding carboxylic acids is 1. The van der Waals surface area contributed by atoms with Crippen molar-refractivity contribution in [2.45, 2.75) is 24.9 Å². The zero-order chi connectivity index (χ0) is 20.3. The molecule has 3 aromatic rings. The summed E-state index contributed by atoms with van der Waals surface area (Å²) in [6.07, 6.45) is 7.26. The SMILES string of the molecule is COc1ccc(NC2CC34CC3CN(C(=O)c3ccccc3-n3nccn3)C24)nc1. The zero-order valence-electron chi connectivity index (χ0n) is 16.6. The molecular formula is C22H22N6O2. The molecule has 3 heterocycles. The summed E-state index contributed by atoms with van der Waals surface area (Å²) in [6, 6.07) is 11.8. The third-order valence-corrected chi connectivity index (χ3v) is 6.94. The van der Waals surface area contributed by atoms with Crippen LogP contribution in [-0.4, -0.2) is 56.5 Å². The van der Waals surface area contributed by atoms with Crippen LogP contribution in [0.25, 0.3) is 5.69 Å². The average Bonchev–Trinajstić information content (AvgIpc) is 3.14. The number of anilines is 1. The van der Waals surface area contributed by atoms with Gasteiger partial charge in [0.2, 0.25) is 0 Å². The van der Waals surface area contributed by atoms with Gasteiger partial charge in [0, 0.05) is 12.6 Å². The van der Waals surface area contributed by atoms with Gasteiger partial charge in [0.15, 0.2) is 0 Å². The van der Waals surface area contributed by atoms with Gasteiger partial charge in [-0.25, -0.2) is 4.98 Å². The lowest BCUT2D eigenvalue weighted by atomic mass is 9.71. The molecule has 2 aromatic heterocycles. The van der Waals surface area contributed by atoms with Crippen molar-refractivity contribution in [2.24, 2.45) is 11.3 Å². The first kappa shape index (κ1) is 17.4. The normalized spacial score (nSPS) is 28.3. The molecule has 152 valence electrons.